The molecule has 0 radical (unpaired) electrons. The van der Waals surface area contributed by atoms with Crippen molar-refractivity contribution in [3.63, 3.8) is 0 Å². The standard InChI is InChI=1S/C12H11N3O3/c16-11(15-10-5-1-2-6-13-10)8-14-12(17)9-4-3-7-18-9/h1-7H,8H2,(H,14,17)(H,13,15,16). The van der Waals surface area contributed by atoms with E-state index in [1.165, 1.54) is 12.3 Å². The van der Waals surface area contributed by atoms with Gasteiger partial charge in [-0.2, -0.15) is 0 Å². The fraction of sp³-hybridized carbons (Fsp3) is 0.0833. The molecule has 2 heterocycles. The van der Waals surface area contributed by atoms with Gasteiger partial charge in [0.15, 0.2) is 5.76 Å². The quantitative estimate of drug-likeness (QED) is 0.843. The molecule has 0 aliphatic rings. The van der Waals surface area contributed by atoms with Gasteiger partial charge in [0.05, 0.1) is 12.8 Å². The van der Waals surface area contributed by atoms with E-state index >= 15 is 0 Å². The van der Waals surface area contributed by atoms with Crippen molar-refractivity contribution in [3.05, 3.63) is 48.6 Å². The summed E-state index contributed by atoms with van der Waals surface area (Å²) in [4.78, 5) is 26.9. The monoisotopic (exact) mass is 245 g/mol. The highest BCUT2D eigenvalue weighted by Gasteiger charge is 2.10. The summed E-state index contributed by atoms with van der Waals surface area (Å²) < 4.78 is 4.89. The number of furan rings is 1. The summed E-state index contributed by atoms with van der Waals surface area (Å²) in [5.41, 5.74) is 0. The van der Waals surface area contributed by atoms with Crippen molar-refractivity contribution in [1.82, 2.24) is 10.3 Å². The smallest absolute Gasteiger partial charge is 0.287 e. The van der Waals surface area contributed by atoms with Gasteiger partial charge in [0, 0.05) is 6.20 Å². The molecule has 2 rings (SSSR count). The topological polar surface area (TPSA) is 84.2 Å². The maximum absolute atomic E-state index is 11.5. The molecule has 0 aliphatic heterocycles. The molecule has 0 atom stereocenters. The second-order valence-corrected chi connectivity index (χ2v) is 3.42. The molecule has 0 fully saturated rings. The molecule has 0 spiro atoms. The Balaban J connectivity index is 1.80. The Morgan fingerprint density at radius 3 is 2.78 bits per heavy atom. The van der Waals surface area contributed by atoms with Gasteiger partial charge < -0.3 is 15.1 Å². The second kappa shape index (κ2) is 5.62. The molecule has 2 aromatic rings. The van der Waals surface area contributed by atoms with Crippen LogP contribution in [0.15, 0.2) is 47.2 Å². The number of aromatic nitrogens is 1. The van der Waals surface area contributed by atoms with Crippen molar-refractivity contribution in [2.24, 2.45) is 0 Å². The van der Waals surface area contributed by atoms with Crippen LogP contribution < -0.4 is 10.6 Å². The average Bonchev–Trinajstić information content (AvgIpc) is 2.91. The van der Waals surface area contributed by atoms with Crippen LogP contribution in [0, 0.1) is 0 Å². The molecule has 0 unspecified atom stereocenters. The van der Waals surface area contributed by atoms with E-state index in [2.05, 4.69) is 15.6 Å². The van der Waals surface area contributed by atoms with Gasteiger partial charge in [-0.1, -0.05) is 6.07 Å². The van der Waals surface area contributed by atoms with Crippen LogP contribution in [0.3, 0.4) is 0 Å². The van der Waals surface area contributed by atoms with Crippen molar-refractivity contribution in [2.45, 2.75) is 0 Å². The van der Waals surface area contributed by atoms with Crippen LogP contribution in [0.25, 0.3) is 0 Å². The minimum Gasteiger partial charge on any atom is -0.459 e. The minimum atomic E-state index is -0.434. The summed E-state index contributed by atoms with van der Waals surface area (Å²) in [6, 6.07) is 8.28. The number of nitrogens with one attached hydrogen (secondary N) is 2. The lowest BCUT2D eigenvalue weighted by Gasteiger charge is -2.04. The van der Waals surface area contributed by atoms with Crippen LogP contribution in [-0.4, -0.2) is 23.3 Å². The van der Waals surface area contributed by atoms with Gasteiger partial charge in [-0.25, -0.2) is 4.98 Å². The molecule has 0 saturated carbocycles. The maximum Gasteiger partial charge on any atom is 0.287 e. The number of hydrogen-bond acceptors (Lipinski definition) is 4. The Morgan fingerprint density at radius 2 is 2.11 bits per heavy atom. The van der Waals surface area contributed by atoms with Crippen molar-refractivity contribution in [3.8, 4) is 0 Å². The summed E-state index contributed by atoms with van der Waals surface area (Å²) in [6.07, 6.45) is 2.96. The zero-order chi connectivity index (χ0) is 12.8. The highest BCUT2D eigenvalue weighted by molar-refractivity contribution is 5.97. The van der Waals surface area contributed by atoms with Crippen LogP contribution in [-0.2, 0) is 4.79 Å². The van der Waals surface area contributed by atoms with E-state index in [9.17, 15) is 9.59 Å². The lowest BCUT2D eigenvalue weighted by atomic mass is 10.4. The van der Waals surface area contributed by atoms with Gasteiger partial charge in [-0.15, -0.1) is 0 Å². The Labute approximate surface area is 103 Å². The molecule has 2 aromatic heterocycles. The van der Waals surface area contributed by atoms with Crippen molar-refractivity contribution < 1.29 is 14.0 Å². The van der Waals surface area contributed by atoms with E-state index in [4.69, 9.17) is 4.42 Å². The molecule has 0 aliphatic carbocycles. The van der Waals surface area contributed by atoms with Crippen molar-refractivity contribution in [2.75, 3.05) is 11.9 Å². The summed E-state index contributed by atoms with van der Waals surface area (Å²) >= 11 is 0. The normalized spacial score (nSPS) is 9.78. The number of anilines is 1. The molecule has 2 N–H and O–H groups in total. The molecule has 92 valence electrons. The highest BCUT2D eigenvalue weighted by Crippen LogP contribution is 2.00. The van der Waals surface area contributed by atoms with Gasteiger partial charge in [-0.05, 0) is 24.3 Å². The van der Waals surface area contributed by atoms with Crippen LogP contribution >= 0.6 is 0 Å². The lowest BCUT2D eigenvalue weighted by molar-refractivity contribution is -0.115. The fourth-order valence-corrected chi connectivity index (χ4v) is 1.28. The predicted molar refractivity (Wildman–Crippen MR) is 63.9 cm³/mol. The Kier molecular flexibility index (Phi) is 3.70. The number of rotatable bonds is 4. The molecular formula is C12H11N3O3. The summed E-state index contributed by atoms with van der Waals surface area (Å²) in [5, 5.41) is 4.98. The fourth-order valence-electron chi connectivity index (χ4n) is 1.28. The maximum atomic E-state index is 11.5. The number of carbonyl (C=O) groups excluding carboxylic acids is 2. The largest absolute Gasteiger partial charge is 0.459 e. The first-order chi connectivity index (χ1) is 8.75. The first kappa shape index (κ1) is 11.8. The van der Waals surface area contributed by atoms with Gasteiger partial charge in [-0.3, -0.25) is 9.59 Å². The predicted octanol–water partition coefficient (Wildman–Crippen LogP) is 1.04. The Hall–Kier alpha value is -2.63. The van der Waals surface area contributed by atoms with Crippen LogP contribution in [0.4, 0.5) is 5.82 Å². The molecule has 0 saturated heterocycles. The van der Waals surface area contributed by atoms with Crippen LogP contribution in [0.2, 0.25) is 0 Å². The van der Waals surface area contributed by atoms with E-state index in [0.717, 1.165) is 0 Å². The second-order valence-electron chi connectivity index (χ2n) is 3.42. The summed E-state index contributed by atoms with van der Waals surface area (Å²) in [5.74, 6) is -0.180. The van der Waals surface area contributed by atoms with E-state index in [-0.39, 0.29) is 18.2 Å². The van der Waals surface area contributed by atoms with Crippen molar-refractivity contribution >= 4 is 17.6 Å². The summed E-state index contributed by atoms with van der Waals surface area (Å²) in [7, 11) is 0. The number of hydrogen-bond donors (Lipinski definition) is 2. The minimum absolute atomic E-state index is 0.143. The molecule has 2 amide bonds. The Bertz CT molecular complexity index is 523. The molecule has 18 heavy (non-hydrogen) atoms. The van der Waals surface area contributed by atoms with Gasteiger partial charge in [0.25, 0.3) is 5.91 Å². The lowest BCUT2D eigenvalue weighted by Crippen LogP contribution is -2.32. The van der Waals surface area contributed by atoms with E-state index in [0.29, 0.717) is 5.82 Å². The zero-order valence-corrected chi connectivity index (χ0v) is 9.42. The Morgan fingerprint density at radius 1 is 1.22 bits per heavy atom. The SMILES string of the molecule is O=C(CNC(=O)c1ccco1)Nc1ccccn1. The third-order valence-electron chi connectivity index (χ3n) is 2.09. The molecule has 6 nitrogen and oxygen atoms in total. The number of amides is 2. The van der Waals surface area contributed by atoms with Gasteiger partial charge in [0.2, 0.25) is 5.91 Å². The number of nitrogens with zero attached hydrogens (tertiary/aromatic N) is 1. The van der Waals surface area contributed by atoms with Crippen LogP contribution in [0.1, 0.15) is 10.6 Å². The van der Waals surface area contributed by atoms with Crippen LogP contribution in [0.5, 0.6) is 0 Å². The van der Waals surface area contributed by atoms with Crippen molar-refractivity contribution in [1.29, 1.82) is 0 Å². The molecule has 6 heteroatoms. The molecule has 0 bridgehead atoms. The number of carbonyl (C=O) groups is 2. The molecule has 0 aromatic carbocycles. The first-order valence-corrected chi connectivity index (χ1v) is 5.28. The van der Waals surface area contributed by atoms with Gasteiger partial charge >= 0.3 is 0 Å². The first-order valence-electron chi connectivity index (χ1n) is 5.28. The van der Waals surface area contributed by atoms with Gasteiger partial charge in [0.1, 0.15) is 5.82 Å². The highest BCUT2D eigenvalue weighted by atomic mass is 16.3. The summed E-state index contributed by atoms with van der Waals surface area (Å²) in [6.45, 7) is -0.143. The van der Waals surface area contributed by atoms with E-state index in [1.807, 2.05) is 0 Å². The van der Waals surface area contributed by atoms with E-state index < -0.39 is 5.91 Å². The number of pyridine rings is 1. The molecular weight excluding hydrogens is 234 g/mol. The third kappa shape index (κ3) is 3.18. The zero-order valence-electron chi connectivity index (χ0n) is 9.42. The third-order valence-corrected chi connectivity index (χ3v) is 2.09. The van der Waals surface area contributed by atoms with E-state index in [1.54, 1.807) is 30.5 Å². The average molecular weight is 245 g/mol.